The maximum atomic E-state index is 13.3. The minimum Gasteiger partial charge on any atom is -0.489 e. The van der Waals surface area contributed by atoms with Gasteiger partial charge in [-0.25, -0.2) is 0 Å². The molecule has 1 unspecified atom stereocenters. The fourth-order valence-corrected chi connectivity index (χ4v) is 4.11. The Morgan fingerprint density at radius 2 is 1.11 bits per heavy atom. The number of ether oxygens (including phenoxy) is 2. The highest BCUT2D eigenvalue weighted by atomic mass is 32.2. The molecule has 0 aromatic heterocycles. The fourth-order valence-electron chi connectivity index (χ4n) is 2.77. The van der Waals surface area contributed by atoms with Gasteiger partial charge in [-0.1, -0.05) is 54.6 Å². The Kier molecular flexibility index (Phi) is 6.53. The first-order chi connectivity index (χ1) is 13.4. The molecule has 3 rings (SSSR count). The van der Waals surface area contributed by atoms with Crippen LogP contribution in [0.5, 0.6) is 11.5 Å². The second-order valence-corrected chi connectivity index (χ2v) is 9.66. The van der Waals surface area contributed by atoms with Crippen molar-refractivity contribution in [2.45, 2.75) is 43.6 Å². The molecule has 4 heteroatoms. The molecule has 0 spiro atoms. The molecule has 3 aromatic carbocycles. The van der Waals surface area contributed by atoms with Crippen molar-refractivity contribution < 1.29 is 13.7 Å². The van der Waals surface area contributed by atoms with Crippen molar-refractivity contribution in [1.29, 1.82) is 0 Å². The summed E-state index contributed by atoms with van der Waals surface area (Å²) in [6.45, 7) is 6.68. The van der Waals surface area contributed by atoms with E-state index in [0.717, 1.165) is 27.5 Å². The Bertz CT molecular complexity index is 854. The van der Waals surface area contributed by atoms with Gasteiger partial charge in [-0.05, 0) is 45.0 Å². The van der Waals surface area contributed by atoms with E-state index >= 15 is 0 Å². The monoisotopic (exact) mass is 394 g/mol. The molecule has 3 aromatic rings. The number of hydrogen-bond donors (Lipinski definition) is 0. The van der Waals surface area contributed by atoms with Gasteiger partial charge in [0.1, 0.15) is 24.7 Å². The third-order valence-corrected chi connectivity index (χ3v) is 6.20. The van der Waals surface area contributed by atoms with Crippen LogP contribution in [0.3, 0.4) is 0 Å². The van der Waals surface area contributed by atoms with Crippen LogP contribution in [0, 0.1) is 0 Å². The Morgan fingerprint density at radius 1 is 0.679 bits per heavy atom. The second-order valence-electron chi connectivity index (χ2n) is 7.49. The average molecular weight is 395 g/mol. The van der Waals surface area contributed by atoms with Gasteiger partial charge in [0.15, 0.2) is 0 Å². The van der Waals surface area contributed by atoms with Crippen LogP contribution in [0.1, 0.15) is 31.9 Å². The lowest BCUT2D eigenvalue weighted by Gasteiger charge is -2.23. The Labute approximate surface area is 169 Å². The van der Waals surface area contributed by atoms with E-state index in [-0.39, 0.29) is 4.75 Å². The van der Waals surface area contributed by atoms with Crippen molar-refractivity contribution in [2.75, 3.05) is 0 Å². The largest absolute Gasteiger partial charge is 0.489 e. The van der Waals surface area contributed by atoms with E-state index in [2.05, 4.69) is 0 Å². The second kappa shape index (κ2) is 9.07. The van der Waals surface area contributed by atoms with E-state index < -0.39 is 10.8 Å². The molecular formula is C24H26O3S. The highest BCUT2D eigenvalue weighted by Crippen LogP contribution is 2.29. The van der Waals surface area contributed by atoms with E-state index in [1.807, 2.05) is 99.6 Å². The van der Waals surface area contributed by atoms with Crippen molar-refractivity contribution in [1.82, 2.24) is 0 Å². The summed E-state index contributed by atoms with van der Waals surface area (Å²) < 4.78 is 24.8. The zero-order chi connectivity index (χ0) is 20.0. The summed E-state index contributed by atoms with van der Waals surface area (Å²) in [5.74, 6) is 1.59. The molecule has 0 N–H and O–H groups in total. The molecular weight excluding hydrogens is 368 g/mol. The molecule has 0 saturated heterocycles. The topological polar surface area (TPSA) is 35.5 Å². The summed E-state index contributed by atoms with van der Waals surface area (Å²) >= 11 is 0. The van der Waals surface area contributed by atoms with Crippen molar-refractivity contribution >= 4 is 10.8 Å². The summed E-state index contributed by atoms with van der Waals surface area (Å²) in [7, 11) is -1.20. The number of hydrogen-bond acceptors (Lipinski definition) is 3. The summed E-state index contributed by atoms with van der Waals surface area (Å²) in [4.78, 5) is 0.807. The molecule has 0 aliphatic rings. The van der Waals surface area contributed by atoms with Crippen LogP contribution in [0.2, 0.25) is 0 Å². The standard InChI is InChI=1S/C24H26O3S/c1-24(2,3)28(25)23-19(17-26-21-13-6-4-7-14-21)11-10-12-20(23)18-27-22-15-8-5-9-16-22/h4-16H,17-18H2,1-3H3. The molecule has 0 radical (unpaired) electrons. The van der Waals surface area contributed by atoms with E-state index in [1.54, 1.807) is 0 Å². The van der Waals surface area contributed by atoms with Crippen LogP contribution in [-0.4, -0.2) is 8.96 Å². The van der Waals surface area contributed by atoms with Gasteiger partial charge < -0.3 is 9.47 Å². The Balaban J connectivity index is 1.88. The highest BCUT2D eigenvalue weighted by molar-refractivity contribution is 7.86. The minimum atomic E-state index is -1.20. The fraction of sp³-hybridized carbons (Fsp3) is 0.250. The van der Waals surface area contributed by atoms with Gasteiger partial charge in [0.05, 0.1) is 15.7 Å². The first-order valence-electron chi connectivity index (χ1n) is 9.33. The first-order valence-corrected chi connectivity index (χ1v) is 10.5. The normalized spacial score (nSPS) is 12.4. The van der Waals surface area contributed by atoms with Gasteiger partial charge in [-0.3, -0.25) is 4.21 Å². The predicted molar refractivity (Wildman–Crippen MR) is 114 cm³/mol. The first kappa shape index (κ1) is 20.2. The van der Waals surface area contributed by atoms with Crippen molar-refractivity contribution in [3.63, 3.8) is 0 Å². The Hall–Kier alpha value is -2.59. The van der Waals surface area contributed by atoms with Crippen molar-refractivity contribution in [3.8, 4) is 11.5 Å². The van der Waals surface area contributed by atoms with E-state index in [0.29, 0.717) is 13.2 Å². The van der Waals surface area contributed by atoms with Crippen LogP contribution in [-0.2, 0) is 24.0 Å². The maximum Gasteiger partial charge on any atom is 0.119 e. The number of para-hydroxylation sites is 2. The van der Waals surface area contributed by atoms with Crippen LogP contribution in [0.4, 0.5) is 0 Å². The third-order valence-electron chi connectivity index (χ3n) is 4.19. The summed E-state index contributed by atoms with van der Waals surface area (Å²) in [6.07, 6.45) is 0. The van der Waals surface area contributed by atoms with E-state index in [1.165, 1.54) is 0 Å². The predicted octanol–water partition coefficient (Wildman–Crippen LogP) is 5.75. The van der Waals surface area contributed by atoms with Crippen molar-refractivity contribution in [2.24, 2.45) is 0 Å². The number of benzene rings is 3. The summed E-state index contributed by atoms with van der Waals surface area (Å²) in [5, 5.41) is 0. The zero-order valence-corrected chi connectivity index (χ0v) is 17.4. The van der Waals surface area contributed by atoms with Crippen molar-refractivity contribution in [3.05, 3.63) is 90.0 Å². The average Bonchev–Trinajstić information content (AvgIpc) is 2.71. The van der Waals surface area contributed by atoms with Crippen LogP contribution < -0.4 is 9.47 Å². The van der Waals surface area contributed by atoms with Gasteiger partial charge in [0.2, 0.25) is 0 Å². The van der Waals surface area contributed by atoms with Gasteiger partial charge in [-0.2, -0.15) is 0 Å². The van der Waals surface area contributed by atoms with Gasteiger partial charge in [0.25, 0.3) is 0 Å². The molecule has 0 aliphatic heterocycles. The summed E-state index contributed by atoms with van der Waals surface area (Å²) in [5.41, 5.74) is 1.84. The number of rotatable bonds is 7. The van der Waals surface area contributed by atoms with Gasteiger partial charge >= 0.3 is 0 Å². The van der Waals surface area contributed by atoms with Crippen LogP contribution in [0.25, 0.3) is 0 Å². The lowest BCUT2D eigenvalue weighted by atomic mass is 10.1. The molecule has 1 atom stereocenters. The third kappa shape index (κ3) is 5.23. The van der Waals surface area contributed by atoms with Crippen LogP contribution in [0.15, 0.2) is 83.8 Å². The van der Waals surface area contributed by atoms with E-state index in [4.69, 9.17) is 9.47 Å². The van der Waals surface area contributed by atoms with Gasteiger partial charge in [-0.15, -0.1) is 0 Å². The summed E-state index contributed by atoms with van der Waals surface area (Å²) in [6, 6.07) is 25.3. The molecule has 0 fully saturated rings. The smallest absolute Gasteiger partial charge is 0.119 e. The molecule has 0 bridgehead atoms. The highest BCUT2D eigenvalue weighted by Gasteiger charge is 2.26. The molecule has 0 aliphatic carbocycles. The van der Waals surface area contributed by atoms with Gasteiger partial charge in [0, 0.05) is 15.9 Å². The molecule has 28 heavy (non-hydrogen) atoms. The molecule has 146 valence electrons. The molecule has 0 amide bonds. The quantitative estimate of drug-likeness (QED) is 0.512. The van der Waals surface area contributed by atoms with E-state index in [9.17, 15) is 4.21 Å². The lowest BCUT2D eigenvalue weighted by Crippen LogP contribution is -2.24. The Morgan fingerprint density at radius 3 is 1.50 bits per heavy atom. The van der Waals surface area contributed by atoms with Crippen LogP contribution >= 0.6 is 0 Å². The zero-order valence-electron chi connectivity index (χ0n) is 16.6. The molecule has 0 heterocycles. The molecule has 3 nitrogen and oxygen atoms in total. The lowest BCUT2D eigenvalue weighted by molar-refractivity contribution is 0.293. The minimum absolute atomic E-state index is 0.361. The maximum absolute atomic E-state index is 13.3. The SMILES string of the molecule is CC(C)(C)S(=O)c1c(COc2ccccc2)cccc1COc1ccccc1. The molecule has 0 saturated carbocycles.